The molecule has 1 aliphatic carbocycles. The van der Waals surface area contributed by atoms with Gasteiger partial charge in [0.1, 0.15) is 6.33 Å². The van der Waals surface area contributed by atoms with Gasteiger partial charge in [-0.2, -0.15) is 0 Å². The lowest BCUT2D eigenvalue weighted by atomic mass is 10.1. The fourth-order valence-electron chi connectivity index (χ4n) is 1.78. The SMILES string of the molecule is O=C(Nc1ccc(-c2cncnc2)cc1)C1CC1. The van der Waals surface area contributed by atoms with E-state index < -0.39 is 0 Å². The fraction of sp³-hybridized carbons (Fsp3) is 0.214. The molecule has 0 aliphatic heterocycles. The van der Waals surface area contributed by atoms with Crippen molar-refractivity contribution in [2.75, 3.05) is 5.32 Å². The Kier molecular flexibility index (Phi) is 2.76. The number of carbonyl (C=O) groups excluding carboxylic acids is 1. The van der Waals surface area contributed by atoms with Gasteiger partial charge in [-0.25, -0.2) is 9.97 Å². The number of amides is 1. The van der Waals surface area contributed by atoms with Crippen LogP contribution in [0.25, 0.3) is 11.1 Å². The molecule has 1 aromatic heterocycles. The molecule has 18 heavy (non-hydrogen) atoms. The van der Waals surface area contributed by atoms with Crippen molar-refractivity contribution >= 4 is 11.6 Å². The fourth-order valence-corrected chi connectivity index (χ4v) is 1.78. The van der Waals surface area contributed by atoms with Crippen LogP contribution in [0.2, 0.25) is 0 Å². The highest BCUT2D eigenvalue weighted by atomic mass is 16.2. The van der Waals surface area contributed by atoms with E-state index in [1.165, 1.54) is 6.33 Å². The van der Waals surface area contributed by atoms with Crippen LogP contribution in [0.1, 0.15) is 12.8 Å². The smallest absolute Gasteiger partial charge is 0.227 e. The summed E-state index contributed by atoms with van der Waals surface area (Å²) in [6.07, 6.45) is 7.08. The maximum atomic E-state index is 11.6. The molecule has 90 valence electrons. The highest BCUT2D eigenvalue weighted by Crippen LogP contribution is 2.30. The molecular formula is C14H13N3O. The molecule has 3 rings (SSSR count). The summed E-state index contributed by atoms with van der Waals surface area (Å²) >= 11 is 0. The maximum absolute atomic E-state index is 11.6. The van der Waals surface area contributed by atoms with Crippen molar-refractivity contribution in [1.82, 2.24) is 9.97 Å². The van der Waals surface area contributed by atoms with Gasteiger partial charge in [-0.3, -0.25) is 4.79 Å². The predicted octanol–water partition coefficient (Wildman–Crippen LogP) is 2.49. The Morgan fingerprint density at radius 2 is 1.72 bits per heavy atom. The first-order chi connectivity index (χ1) is 8.83. The van der Waals surface area contributed by atoms with E-state index in [1.807, 2.05) is 24.3 Å². The van der Waals surface area contributed by atoms with E-state index in [-0.39, 0.29) is 11.8 Å². The molecule has 1 amide bonds. The van der Waals surface area contributed by atoms with Crippen LogP contribution >= 0.6 is 0 Å². The second-order valence-electron chi connectivity index (χ2n) is 4.47. The summed E-state index contributed by atoms with van der Waals surface area (Å²) in [5.74, 6) is 0.359. The Hall–Kier alpha value is -2.23. The van der Waals surface area contributed by atoms with Crippen molar-refractivity contribution in [2.45, 2.75) is 12.8 Å². The number of anilines is 1. The lowest BCUT2D eigenvalue weighted by Gasteiger charge is -2.05. The van der Waals surface area contributed by atoms with E-state index in [0.717, 1.165) is 29.7 Å². The number of rotatable bonds is 3. The molecule has 1 N–H and O–H groups in total. The lowest BCUT2D eigenvalue weighted by Crippen LogP contribution is -2.12. The van der Waals surface area contributed by atoms with Crippen molar-refractivity contribution in [1.29, 1.82) is 0 Å². The summed E-state index contributed by atoms with van der Waals surface area (Å²) in [6.45, 7) is 0. The first kappa shape index (κ1) is 10.9. The molecule has 1 aromatic carbocycles. The first-order valence-electron chi connectivity index (χ1n) is 5.99. The summed E-state index contributed by atoms with van der Waals surface area (Å²) in [7, 11) is 0. The molecule has 4 nitrogen and oxygen atoms in total. The molecule has 2 aromatic rings. The van der Waals surface area contributed by atoms with Crippen LogP contribution in [0.4, 0.5) is 5.69 Å². The topological polar surface area (TPSA) is 54.9 Å². The Morgan fingerprint density at radius 3 is 2.33 bits per heavy atom. The monoisotopic (exact) mass is 239 g/mol. The maximum Gasteiger partial charge on any atom is 0.227 e. The van der Waals surface area contributed by atoms with Crippen molar-refractivity contribution in [3.05, 3.63) is 43.0 Å². The zero-order valence-electron chi connectivity index (χ0n) is 9.84. The molecule has 0 unspecified atom stereocenters. The van der Waals surface area contributed by atoms with E-state index in [4.69, 9.17) is 0 Å². The number of hydrogen-bond acceptors (Lipinski definition) is 3. The summed E-state index contributed by atoms with van der Waals surface area (Å²) in [4.78, 5) is 19.6. The minimum atomic E-state index is 0.130. The molecule has 1 saturated carbocycles. The minimum Gasteiger partial charge on any atom is -0.326 e. The highest BCUT2D eigenvalue weighted by Gasteiger charge is 2.29. The molecule has 4 heteroatoms. The second-order valence-corrected chi connectivity index (χ2v) is 4.47. The van der Waals surface area contributed by atoms with E-state index in [2.05, 4.69) is 15.3 Å². The van der Waals surface area contributed by atoms with Gasteiger partial charge in [0.05, 0.1) is 0 Å². The minimum absolute atomic E-state index is 0.130. The third-order valence-electron chi connectivity index (χ3n) is 2.99. The summed E-state index contributed by atoms with van der Waals surface area (Å²) in [5.41, 5.74) is 2.85. The molecule has 0 saturated heterocycles. The number of carbonyl (C=O) groups is 1. The lowest BCUT2D eigenvalue weighted by molar-refractivity contribution is -0.117. The molecule has 1 aliphatic rings. The standard InChI is InChI=1S/C14H13N3O/c18-14(11-1-2-11)17-13-5-3-10(4-6-13)12-7-15-9-16-8-12/h3-9,11H,1-2H2,(H,17,18). The van der Waals surface area contributed by atoms with Crippen LogP contribution in [0.5, 0.6) is 0 Å². The third kappa shape index (κ3) is 2.37. The Labute approximate surface area is 105 Å². The molecular weight excluding hydrogens is 226 g/mol. The number of nitrogens with one attached hydrogen (secondary N) is 1. The Morgan fingerprint density at radius 1 is 1.06 bits per heavy atom. The average molecular weight is 239 g/mol. The zero-order chi connectivity index (χ0) is 12.4. The summed E-state index contributed by atoms with van der Waals surface area (Å²) < 4.78 is 0. The van der Waals surface area contributed by atoms with Gasteiger partial charge < -0.3 is 5.32 Å². The number of hydrogen-bond donors (Lipinski definition) is 1. The van der Waals surface area contributed by atoms with Gasteiger partial charge in [-0.1, -0.05) is 12.1 Å². The Bertz CT molecular complexity index is 547. The third-order valence-corrected chi connectivity index (χ3v) is 2.99. The zero-order valence-corrected chi connectivity index (χ0v) is 9.84. The number of benzene rings is 1. The van der Waals surface area contributed by atoms with Crippen molar-refractivity contribution in [2.24, 2.45) is 5.92 Å². The molecule has 0 radical (unpaired) electrons. The first-order valence-corrected chi connectivity index (χ1v) is 5.99. The van der Waals surface area contributed by atoms with E-state index in [9.17, 15) is 4.79 Å². The summed E-state index contributed by atoms with van der Waals surface area (Å²) in [5, 5.41) is 2.91. The summed E-state index contributed by atoms with van der Waals surface area (Å²) in [6, 6.07) is 7.73. The molecule has 0 spiro atoms. The van der Waals surface area contributed by atoms with Crippen molar-refractivity contribution in [3.8, 4) is 11.1 Å². The normalized spacial score (nSPS) is 14.2. The van der Waals surface area contributed by atoms with Gasteiger partial charge in [-0.15, -0.1) is 0 Å². The van der Waals surface area contributed by atoms with Crippen LogP contribution in [-0.2, 0) is 4.79 Å². The number of aromatic nitrogens is 2. The second kappa shape index (κ2) is 4.56. The van der Waals surface area contributed by atoms with Crippen LogP contribution < -0.4 is 5.32 Å². The van der Waals surface area contributed by atoms with Gasteiger partial charge in [0.15, 0.2) is 0 Å². The number of nitrogens with zero attached hydrogens (tertiary/aromatic N) is 2. The van der Waals surface area contributed by atoms with Crippen LogP contribution in [0, 0.1) is 5.92 Å². The van der Waals surface area contributed by atoms with Crippen LogP contribution in [-0.4, -0.2) is 15.9 Å². The van der Waals surface area contributed by atoms with Crippen molar-refractivity contribution < 1.29 is 4.79 Å². The van der Waals surface area contributed by atoms with Crippen LogP contribution in [0.3, 0.4) is 0 Å². The van der Waals surface area contributed by atoms with Crippen LogP contribution in [0.15, 0.2) is 43.0 Å². The van der Waals surface area contributed by atoms with E-state index >= 15 is 0 Å². The largest absolute Gasteiger partial charge is 0.326 e. The molecule has 1 heterocycles. The van der Waals surface area contributed by atoms with Crippen molar-refractivity contribution in [3.63, 3.8) is 0 Å². The molecule has 1 fully saturated rings. The highest BCUT2D eigenvalue weighted by molar-refractivity contribution is 5.94. The average Bonchev–Trinajstić information content (AvgIpc) is 3.25. The molecule has 0 atom stereocenters. The van der Waals surface area contributed by atoms with Gasteiger partial charge in [0.25, 0.3) is 0 Å². The molecule has 0 bridgehead atoms. The van der Waals surface area contributed by atoms with Gasteiger partial charge >= 0.3 is 0 Å². The van der Waals surface area contributed by atoms with E-state index in [0.29, 0.717) is 0 Å². The van der Waals surface area contributed by atoms with Gasteiger partial charge in [0.2, 0.25) is 5.91 Å². The van der Waals surface area contributed by atoms with Gasteiger partial charge in [-0.05, 0) is 30.5 Å². The predicted molar refractivity (Wildman–Crippen MR) is 68.8 cm³/mol. The quantitative estimate of drug-likeness (QED) is 0.895. The van der Waals surface area contributed by atoms with Gasteiger partial charge in [0, 0.05) is 29.6 Å². The Balaban J connectivity index is 1.74. The van der Waals surface area contributed by atoms with E-state index in [1.54, 1.807) is 12.4 Å².